The number of hydrogen-bond acceptors (Lipinski definition) is 2. The van der Waals surface area contributed by atoms with Crippen LogP contribution in [-0.4, -0.2) is 28.0 Å². The van der Waals surface area contributed by atoms with Crippen molar-refractivity contribution >= 4 is 27.7 Å². The molecule has 0 saturated carbocycles. The van der Waals surface area contributed by atoms with E-state index in [1.54, 1.807) is 0 Å². The van der Waals surface area contributed by atoms with E-state index in [1.165, 1.54) is 10.0 Å². The third-order valence-electron chi connectivity index (χ3n) is 6.01. The Labute approximate surface area is 172 Å². The first-order valence-electron chi connectivity index (χ1n) is 9.66. The summed E-state index contributed by atoms with van der Waals surface area (Å²) < 4.78 is 14.5. The van der Waals surface area contributed by atoms with Crippen molar-refractivity contribution in [1.29, 1.82) is 0 Å². The van der Waals surface area contributed by atoms with Gasteiger partial charge in [0.2, 0.25) is 0 Å². The summed E-state index contributed by atoms with van der Waals surface area (Å²) in [4.78, 5) is 0. The van der Waals surface area contributed by atoms with E-state index in [1.807, 2.05) is 0 Å². The van der Waals surface area contributed by atoms with Crippen LogP contribution in [0.2, 0.25) is 18.1 Å². The van der Waals surface area contributed by atoms with Crippen molar-refractivity contribution in [3.05, 3.63) is 66.2 Å². The summed E-state index contributed by atoms with van der Waals surface area (Å²) in [5.74, 6) is 0. The van der Waals surface area contributed by atoms with Crippen molar-refractivity contribution in [3.8, 4) is 0 Å². The average Bonchev–Trinajstić information content (AvgIpc) is 2.60. The van der Waals surface area contributed by atoms with E-state index in [-0.39, 0.29) is 31.5 Å². The van der Waals surface area contributed by atoms with Gasteiger partial charge >= 0.3 is 172 Å². The van der Waals surface area contributed by atoms with Crippen molar-refractivity contribution in [3.63, 3.8) is 0 Å². The van der Waals surface area contributed by atoms with E-state index in [0.717, 1.165) is 0 Å². The van der Waals surface area contributed by atoms with Gasteiger partial charge in [-0.2, -0.15) is 0 Å². The number of hydrogen-bond donors (Lipinski definition) is 0. The zero-order valence-electron chi connectivity index (χ0n) is 17.6. The molecule has 27 heavy (non-hydrogen) atoms. The Morgan fingerprint density at radius 1 is 0.926 bits per heavy atom. The third kappa shape index (κ3) is 3.83. The molecule has 2 unspecified atom stereocenters. The second-order valence-electron chi connectivity index (χ2n) is 9.46. The van der Waals surface area contributed by atoms with Crippen molar-refractivity contribution in [2.24, 2.45) is 5.41 Å². The van der Waals surface area contributed by atoms with Crippen molar-refractivity contribution in [2.45, 2.75) is 63.5 Å². The van der Waals surface area contributed by atoms with Crippen LogP contribution in [0.3, 0.4) is 0 Å². The molecule has 1 aliphatic rings. The van der Waals surface area contributed by atoms with Gasteiger partial charge in [0, 0.05) is 0 Å². The monoisotopic (exact) mass is 448 g/mol. The third-order valence-corrected chi connectivity index (χ3v) is 13.9. The molecule has 1 saturated heterocycles. The molecule has 0 bridgehead atoms. The molecular formula is C23H32O2SeSi. The molecule has 2 nitrogen and oxygen atoms in total. The Bertz CT molecular complexity index is 768. The Kier molecular flexibility index (Phi) is 5.53. The normalized spacial score (nSPS) is 25.1. The van der Waals surface area contributed by atoms with Gasteiger partial charge in [-0.05, 0) is 0 Å². The summed E-state index contributed by atoms with van der Waals surface area (Å²) in [6, 6.07) is 21.3. The van der Waals surface area contributed by atoms with Crippen LogP contribution < -0.4 is 4.46 Å². The number of rotatable bonds is 5. The van der Waals surface area contributed by atoms with Gasteiger partial charge in [0.1, 0.15) is 0 Å². The van der Waals surface area contributed by atoms with Gasteiger partial charge in [0.15, 0.2) is 0 Å². The summed E-state index contributed by atoms with van der Waals surface area (Å²) in [6.45, 7) is 16.2. The molecule has 2 aromatic rings. The second kappa shape index (κ2) is 7.17. The zero-order chi connectivity index (χ0) is 19.9. The molecule has 0 spiro atoms. The van der Waals surface area contributed by atoms with Crippen LogP contribution in [0.5, 0.6) is 0 Å². The summed E-state index contributed by atoms with van der Waals surface area (Å²) in [5.41, 5.74) is 1.14. The van der Waals surface area contributed by atoms with Crippen LogP contribution in [0.4, 0.5) is 0 Å². The average molecular weight is 448 g/mol. The molecule has 0 aliphatic carbocycles. The molecule has 0 radical (unpaired) electrons. The molecule has 3 rings (SSSR count). The molecule has 146 valence electrons. The SMILES string of the molecule is CC1(C)C(c2ccccc2)OC1(O[Si](C)(C)C(C)(C)C)[Se]c1ccccc1. The predicted molar refractivity (Wildman–Crippen MR) is 117 cm³/mol. The first-order valence-corrected chi connectivity index (χ1v) is 14.3. The van der Waals surface area contributed by atoms with Crippen molar-refractivity contribution in [2.75, 3.05) is 0 Å². The first kappa shape index (κ1) is 20.8. The van der Waals surface area contributed by atoms with E-state index in [9.17, 15) is 0 Å². The molecule has 2 aromatic carbocycles. The molecule has 4 heteroatoms. The zero-order valence-corrected chi connectivity index (χ0v) is 20.3. The first-order chi connectivity index (χ1) is 12.5. The minimum atomic E-state index is -1.99. The Morgan fingerprint density at radius 3 is 1.93 bits per heavy atom. The molecule has 1 aliphatic heterocycles. The topological polar surface area (TPSA) is 18.5 Å². The Hall–Kier alpha value is -0.904. The molecule has 2 atom stereocenters. The van der Waals surface area contributed by atoms with Gasteiger partial charge in [-0.3, -0.25) is 0 Å². The Morgan fingerprint density at radius 2 is 1.44 bits per heavy atom. The number of benzene rings is 2. The summed E-state index contributed by atoms with van der Waals surface area (Å²) in [7, 11) is -1.99. The predicted octanol–water partition coefficient (Wildman–Crippen LogP) is 5.49. The summed E-state index contributed by atoms with van der Waals surface area (Å²) in [5, 5.41) is 0.143. The van der Waals surface area contributed by atoms with Crippen LogP contribution in [0.1, 0.15) is 46.3 Å². The summed E-state index contributed by atoms with van der Waals surface area (Å²) in [6.07, 6.45) is 0.0639. The van der Waals surface area contributed by atoms with Gasteiger partial charge < -0.3 is 0 Å². The van der Waals surface area contributed by atoms with Crippen molar-refractivity contribution in [1.82, 2.24) is 0 Å². The maximum absolute atomic E-state index is 7.04. The van der Waals surface area contributed by atoms with Gasteiger partial charge in [0.25, 0.3) is 0 Å². The van der Waals surface area contributed by atoms with E-state index in [4.69, 9.17) is 9.16 Å². The van der Waals surface area contributed by atoms with Crippen LogP contribution in [0, 0.1) is 5.41 Å². The van der Waals surface area contributed by atoms with Crippen LogP contribution in [0.25, 0.3) is 0 Å². The minimum absolute atomic E-state index is 0.0639. The standard InChI is InChI=1S/C23H32O2SeSi/c1-21(2,3)27(6,7)25-23(26-19-16-12-9-13-17-19)22(4,5)20(24-23)18-14-10-8-11-15-18/h8-17,20H,1-7H3. The molecule has 1 fully saturated rings. The van der Waals surface area contributed by atoms with E-state index < -0.39 is 13.0 Å². The van der Waals surface area contributed by atoms with Crippen molar-refractivity contribution < 1.29 is 9.16 Å². The molecule has 1 heterocycles. The van der Waals surface area contributed by atoms with Gasteiger partial charge in [-0.1, -0.05) is 0 Å². The molecule has 0 amide bonds. The van der Waals surface area contributed by atoms with E-state index in [2.05, 4.69) is 108 Å². The van der Waals surface area contributed by atoms with Gasteiger partial charge in [-0.25, -0.2) is 0 Å². The summed E-state index contributed by atoms with van der Waals surface area (Å²) >= 11 is 0.0680. The van der Waals surface area contributed by atoms with Crippen LogP contribution in [-0.2, 0) is 9.16 Å². The fourth-order valence-corrected chi connectivity index (χ4v) is 8.38. The van der Waals surface area contributed by atoms with E-state index in [0.29, 0.717) is 0 Å². The number of ether oxygens (including phenoxy) is 1. The molecular weight excluding hydrogens is 415 g/mol. The van der Waals surface area contributed by atoms with Crippen LogP contribution in [0.15, 0.2) is 60.7 Å². The van der Waals surface area contributed by atoms with Gasteiger partial charge in [0.05, 0.1) is 0 Å². The maximum atomic E-state index is 7.04. The fourth-order valence-electron chi connectivity index (χ4n) is 3.13. The second-order valence-corrected chi connectivity index (χ2v) is 16.7. The molecule has 0 N–H and O–H groups in total. The van der Waals surface area contributed by atoms with E-state index >= 15 is 0 Å². The molecule has 0 aromatic heterocycles. The van der Waals surface area contributed by atoms with Gasteiger partial charge in [-0.15, -0.1) is 0 Å². The Balaban J connectivity index is 1.97. The quantitative estimate of drug-likeness (QED) is 0.565. The fraction of sp³-hybridized carbons (Fsp3) is 0.478. The van der Waals surface area contributed by atoms with Crippen LogP contribution >= 0.6 is 0 Å².